The van der Waals surface area contributed by atoms with Gasteiger partial charge < -0.3 is 5.32 Å². The molecule has 152 valence electrons. The van der Waals surface area contributed by atoms with Gasteiger partial charge in [0.25, 0.3) is 5.91 Å². The van der Waals surface area contributed by atoms with Crippen molar-refractivity contribution in [2.24, 2.45) is 0 Å². The normalized spacial score (nSPS) is 11.5. The SMILES string of the molecule is O=C(Nc1ccc(F)cc1)c1ccc(-n2nc(C(F)(F)F)cc2-c2cccs2)cc1. The van der Waals surface area contributed by atoms with Crippen LogP contribution in [-0.2, 0) is 6.18 Å². The van der Waals surface area contributed by atoms with Crippen LogP contribution in [0.3, 0.4) is 0 Å². The molecule has 30 heavy (non-hydrogen) atoms. The molecule has 0 bridgehead atoms. The number of anilines is 1. The highest BCUT2D eigenvalue weighted by atomic mass is 32.1. The third kappa shape index (κ3) is 4.11. The number of rotatable bonds is 4. The van der Waals surface area contributed by atoms with E-state index >= 15 is 0 Å². The first kappa shape index (κ1) is 19.8. The lowest BCUT2D eigenvalue weighted by atomic mass is 10.2. The summed E-state index contributed by atoms with van der Waals surface area (Å²) in [6.07, 6.45) is -4.58. The number of alkyl halides is 3. The number of benzene rings is 2. The highest BCUT2D eigenvalue weighted by Crippen LogP contribution is 2.34. The zero-order valence-electron chi connectivity index (χ0n) is 15.2. The quantitative estimate of drug-likeness (QED) is 0.402. The summed E-state index contributed by atoms with van der Waals surface area (Å²) in [5.74, 6) is -0.848. The van der Waals surface area contributed by atoms with Gasteiger partial charge in [0.15, 0.2) is 5.69 Å². The zero-order valence-corrected chi connectivity index (χ0v) is 16.0. The topological polar surface area (TPSA) is 46.9 Å². The summed E-state index contributed by atoms with van der Waals surface area (Å²) in [6, 6.07) is 15.8. The molecule has 0 fully saturated rings. The second kappa shape index (κ2) is 7.75. The van der Waals surface area contributed by atoms with Crippen molar-refractivity contribution >= 4 is 22.9 Å². The minimum absolute atomic E-state index is 0.295. The predicted molar refractivity (Wildman–Crippen MR) is 106 cm³/mol. The fourth-order valence-electron chi connectivity index (χ4n) is 2.81. The van der Waals surface area contributed by atoms with E-state index in [0.717, 1.165) is 6.07 Å². The van der Waals surface area contributed by atoms with E-state index in [9.17, 15) is 22.4 Å². The summed E-state index contributed by atoms with van der Waals surface area (Å²) in [7, 11) is 0. The van der Waals surface area contributed by atoms with Gasteiger partial charge in [0.2, 0.25) is 0 Å². The molecule has 1 N–H and O–H groups in total. The van der Waals surface area contributed by atoms with Gasteiger partial charge in [-0.05, 0) is 66.0 Å². The molecule has 0 aliphatic heterocycles. The van der Waals surface area contributed by atoms with Crippen LogP contribution in [0.15, 0.2) is 72.1 Å². The van der Waals surface area contributed by atoms with Crippen molar-refractivity contribution in [3.8, 4) is 16.3 Å². The van der Waals surface area contributed by atoms with Crippen LogP contribution < -0.4 is 5.32 Å². The van der Waals surface area contributed by atoms with Gasteiger partial charge in [-0.2, -0.15) is 18.3 Å². The maximum atomic E-state index is 13.2. The predicted octanol–water partition coefficient (Wildman–Crippen LogP) is 6.01. The van der Waals surface area contributed by atoms with E-state index in [-0.39, 0.29) is 0 Å². The van der Waals surface area contributed by atoms with Gasteiger partial charge in [-0.15, -0.1) is 11.3 Å². The van der Waals surface area contributed by atoms with Crippen LogP contribution in [-0.4, -0.2) is 15.7 Å². The van der Waals surface area contributed by atoms with E-state index in [1.165, 1.54) is 64.5 Å². The van der Waals surface area contributed by atoms with Crippen LogP contribution in [0, 0.1) is 5.82 Å². The van der Waals surface area contributed by atoms with Crippen molar-refractivity contribution in [2.75, 3.05) is 5.32 Å². The van der Waals surface area contributed by atoms with Crippen LogP contribution in [0.25, 0.3) is 16.3 Å². The maximum absolute atomic E-state index is 13.2. The number of nitrogens with zero attached hydrogens (tertiary/aromatic N) is 2. The van der Waals surface area contributed by atoms with Gasteiger partial charge in [-0.1, -0.05) is 6.07 Å². The number of nitrogens with one attached hydrogen (secondary N) is 1. The average Bonchev–Trinajstić information content (AvgIpc) is 3.39. The summed E-state index contributed by atoms with van der Waals surface area (Å²) in [4.78, 5) is 13.0. The monoisotopic (exact) mass is 431 g/mol. The van der Waals surface area contributed by atoms with E-state index in [0.29, 0.717) is 27.5 Å². The molecule has 2 aromatic carbocycles. The third-order valence-electron chi connectivity index (χ3n) is 4.25. The van der Waals surface area contributed by atoms with Crippen molar-refractivity contribution in [1.82, 2.24) is 9.78 Å². The fourth-order valence-corrected chi connectivity index (χ4v) is 3.53. The van der Waals surface area contributed by atoms with Gasteiger partial charge in [0.1, 0.15) is 5.82 Å². The fraction of sp³-hybridized carbons (Fsp3) is 0.0476. The first-order valence-electron chi connectivity index (χ1n) is 8.70. The number of hydrogen-bond donors (Lipinski definition) is 1. The Bertz CT molecular complexity index is 1160. The van der Waals surface area contributed by atoms with Gasteiger partial charge in [0, 0.05) is 11.3 Å². The Morgan fingerprint density at radius 3 is 2.30 bits per heavy atom. The molecule has 0 unspecified atom stereocenters. The molecule has 4 rings (SSSR count). The van der Waals surface area contributed by atoms with Crippen LogP contribution >= 0.6 is 11.3 Å². The molecule has 0 radical (unpaired) electrons. The van der Waals surface area contributed by atoms with Crippen molar-refractivity contribution < 1.29 is 22.4 Å². The molecule has 2 heterocycles. The van der Waals surface area contributed by atoms with Gasteiger partial charge in [0.05, 0.1) is 16.3 Å². The molecule has 1 amide bonds. The number of halogens is 4. The third-order valence-corrected chi connectivity index (χ3v) is 5.14. The number of aromatic nitrogens is 2. The van der Waals surface area contributed by atoms with Crippen LogP contribution in [0.4, 0.5) is 23.2 Å². The molecular formula is C21H13F4N3OS. The molecule has 9 heteroatoms. The van der Waals surface area contributed by atoms with Crippen molar-refractivity contribution in [2.45, 2.75) is 6.18 Å². The van der Waals surface area contributed by atoms with E-state index in [1.807, 2.05) is 0 Å². The summed E-state index contributed by atoms with van der Waals surface area (Å²) in [5.41, 5.74) is 0.411. The standard InChI is InChI=1S/C21H13F4N3OS/c22-14-5-7-15(8-6-14)26-20(29)13-3-9-16(10-4-13)28-17(18-2-1-11-30-18)12-19(27-28)21(23,24)25/h1-12H,(H,26,29). The Morgan fingerprint density at radius 2 is 1.70 bits per heavy atom. The van der Waals surface area contributed by atoms with Gasteiger partial charge in [-0.3, -0.25) is 4.79 Å². The number of amides is 1. The Kier molecular flexibility index (Phi) is 5.13. The molecule has 4 nitrogen and oxygen atoms in total. The summed E-state index contributed by atoms with van der Waals surface area (Å²) >= 11 is 1.30. The first-order valence-corrected chi connectivity index (χ1v) is 9.58. The van der Waals surface area contributed by atoms with E-state index in [1.54, 1.807) is 17.5 Å². The lowest BCUT2D eigenvalue weighted by Gasteiger charge is -2.09. The smallest absolute Gasteiger partial charge is 0.322 e. The summed E-state index contributed by atoms with van der Waals surface area (Å²) in [6.45, 7) is 0. The second-order valence-corrected chi connectivity index (χ2v) is 7.26. The second-order valence-electron chi connectivity index (χ2n) is 6.31. The molecule has 0 atom stereocenters. The Labute approximate surface area is 172 Å². The molecule has 0 aliphatic carbocycles. The highest BCUT2D eigenvalue weighted by Gasteiger charge is 2.35. The Hall–Kier alpha value is -3.46. The molecule has 0 saturated carbocycles. The van der Waals surface area contributed by atoms with Crippen LogP contribution in [0.5, 0.6) is 0 Å². The average molecular weight is 431 g/mol. The number of carbonyl (C=O) groups is 1. The Balaban J connectivity index is 1.63. The van der Waals surface area contributed by atoms with Crippen molar-refractivity contribution in [3.63, 3.8) is 0 Å². The molecule has 0 spiro atoms. The molecule has 0 aliphatic rings. The first-order chi connectivity index (χ1) is 14.3. The molecule has 0 saturated heterocycles. The summed E-state index contributed by atoms with van der Waals surface area (Å²) < 4.78 is 53.8. The lowest BCUT2D eigenvalue weighted by molar-refractivity contribution is -0.141. The highest BCUT2D eigenvalue weighted by molar-refractivity contribution is 7.13. The maximum Gasteiger partial charge on any atom is 0.435 e. The minimum atomic E-state index is -4.58. The van der Waals surface area contributed by atoms with E-state index in [2.05, 4.69) is 10.4 Å². The van der Waals surface area contributed by atoms with E-state index in [4.69, 9.17) is 0 Å². The number of carbonyl (C=O) groups excluding carboxylic acids is 1. The molecule has 4 aromatic rings. The summed E-state index contributed by atoms with van der Waals surface area (Å²) in [5, 5.41) is 8.11. The molecular weight excluding hydrogens is 418 g/mol. The van der Waals surface area contributed by atoms with Gasteiger partial charge >= 0.3 is 6.18 Å². The molecule has 2 aromatic heterocycles. The number of hydrogen-bond acceptors (Lipinski definition) is 3. The lowest BCUT2D eigenvalue weighted by Crippen LogP contribution is -2.12. The minimum Gasteiger partial charge on any atom is -0.322 e. The van der Waals surface area contributed by atoms with Crippen molar-refractivity contribution in [1.29, 1.82) is 0 Å². The van der Waals surface area contributed by atoms with E-state index < -0.39 is 23.6 Å². The Morgan fingerprint density at radius 1 is 1.00 bits per heavy atom. The number of thiophene rings is 1. The van der Waals surface area contributed by atoms with Crippen LogP contribution in [0.2, 0.25) is 0 Å². The van der Waals surface area contributed by atoms with Crippen molar-refractivity contribution in [3.05, 3.63) is 89.2 Å². The largest absolute Gasteiger partial charge is 0.435 e. The van der Waals surface area contributed by atoms with Crippen LogP contribution in [0.1, 0.15) is 16.1 Å². The zero-order chi connectivity index (χ0) is 21.3. The van der Waals surface area contributed by atoms with Gasteiger partial charge in [-0.25, -0.2) is 9.07 Å².